The van der Waals surface area contributed by atoms with Crippen LogP contribution in [0.5, 0.6) is 0 Å². The van der Waals surface area contributed by atoms with Crippen molar-refractivity contribution in [1.82, 2.24) is 0 Å². The minimum atomic E-state index is 0.915. The van der Waals surface area contributed by atoms with Gasteiger partial charge in [0, 0.05) is 10.8 Å². The monoisotopic (exact) mass is 672 g/mol. The molecule has 11 aromatic rings. The van der Waals surface area contributed by atoms with Gasteiger partial charge in [-0.1, -0.05) is 164 Å². The second-order valence-electron chi connectivity index (χ2n) is 14.0. The fourth-order valence-electron chi connectivity index (χ4n) is 8.53. The summed E-state index contributed by atoms with van der Waals surface area (Å²) in [4.78, 5) is 0. The van der Waals surface area contributed by atoms with E-state index in [4.69, 9.17) is 4.42 Å². The first-order valence-electron chi connectivity index (χ1n) is 18.2. The molecule has 0 aliphatic rings. The van der Waals surface area contributed by atoms with E-state index in [2.05, 4.69) is 182 Å². The predicted octanol–water partition coefficient (Wildman–Crippen LogP) is 14.9. The zero-order chi connectivity index (χ0) is 34.9. The van der Waals surface area contributed by atoms with E-state index in [1.165, 1.54) is 87.6 Å². The van der Waals surface area contributed by atoms with Crippen molar-refractivity contribution in [2.24, 2.45) is 0 Å². The molecule has 0 fully saturated rings. The molecule has 1 nitrogen and oxygen atoms in total. The number of benzene rings is 10. The average Bonchev–Trinajstić information content (AvgIpc) is 3.61. The van der Waals surface area contributed by atoms with Gasteiger partial charge in [-0.05, 0) is 118 Å². The average molecular weight is 673 g/mol. The maximum absolute atomic E-state index is 6.14. The van der Waals surface area contributed by atoms with E-state index >= 15 is 0 Å². The number of hydrogen-bond acceptors (Lipinski definition) is 1. The molecule has 0 spiro atoms. The van der Waals surface area contributed by atoms with Gasteiger partial charge in [-0.3, -0.25) is 0 Å². The number of rotatable bonds is 4. The summed E-state index contributed by atoms with van der Waals surface area (Å²) in [5, 5.41) is 12.4. The zero-order valence-electron chi connectivity index (χ0n) is 28.9. The lowest BCUT2D eigenvalue weighted by molar-refractivity contribution is 0.669. The maximum Gasteiger partial charge on any atom is 0.135 e. The Bertz CT molecular complexity index is 3160. The fraction of sp³-hybridized carbons (Fsp3) is 0. The summed E-state index contributed by atoms with van der Waals surface area (Å²) < 4.78 is 6.14. The van der Waals surface area contributed by atoms with Gasteiger partial charge >= 0.3 is 0 Å². The van der Waals surface area contributed by atoms with E-state index in [0.717, 1.165) is 21.9 Å². The van der Waals surface area contributed by atoms with Gasteiger partial charge in [-0.15, -0.1) is 0 Å². The highest BCUT2D eigenvalue weighted by atomic mass is 16.3. The Kier molecular flexibility index (Phi) is 6.62. The van der Waals surface area contributed by atoms with E-state index in [1.807, 2.05) is 12.1 Å². The van der Waals surface area contributed by atoms with Crippen LogP contribution in [-0.4, -0.2) is 0 Å². The van der Waals surface area contributed by atoms with Crippen LogP contribution < -0.4 is 0 Å². The molecular weight excluding hydrogens is 641 g/mol. The molecule has 0 amide bonds. The SMILES string of the molecule is c1cc(-c2ccc3oc4ccccc4c3c2)cc(-c2c3ccccc3c(-c3ccc(-c4ccc5c(ccc6ccccc65)c4)cc3)c3ccccc23)c1. The van der Waals surface area contributed by atoms with E-state index in [1.54, 1.807) is 0 Å². The van der Waals surface area contributed by atoms with Gasteiger partial charge in [-0.25, -0.2) is 0 Å². The first-order valence-corrected chi connectivity index (χ1v) is 18.2. The number of furan rings is 1. The van der Waals surface area contributed by atoms with Crippen LogP contribution in [0, 0.1) is 0 Å². The van der Waals surface area contributed by atoms with Gasteiger partial charge in [0.25, 0.3) is 0 Å². The van der Waals surface area contributed by atoms with E-state index < -0.39 is 0 Å². The lowest BCUT2D eigenvalue weighted by Crippen LogP contribution is -1.91. The number of hydrogen-bond donors (Lipinski definition) is 0. The molecule has 53 heavy (non-hydrogen) atoms. The molecule has 246 valence electrons. The van der Waals surface area contributed by atoms with Crippen molar-refractivity contribution in [2.75, 3.05) is 0 Å². The zero-order valence-corrected chi connectivity index (χ0v) is 28.9. The largest absolute Gasteiger partial charge is 0.456 e. The van der Waals surface area contributed by atoms with Crippen molar-refractivity contribution < 1.29 is 4.42 Å². The van der Waals surface area contributed by atoms with Crippen LogP contribution in [0.15, 0.2) is 199 Å². The van der Waals surface area contributed by atoms with Crippen LogP contribution in [0.3, 0.4) is 0 Å². The standard InChI is InChI=1S/C52H32O/c1-2-13-41-34(10-1)22-25-39-30-37(26-28-42(39)41)33-20-23-35(24-21-33)51-44-15-3-5-17-46(44)52(47-18-6-4-16-45(47)51)40-12-9-11-36(31-40)38-27-29-50-48(32-38)43-14-7-8-19-49(43)53-50/h1-32H. The van der Waals surface area contributed by atoms with Crippen LogP contribution in [0.2, 0.25) is 0 Å². The van der Waals surface area contributed by atoms with Crippen LogP contribution in [0.4, 0.5) is 0 Å². The summed E-state index contributed by atoms with van der Waals surface area (Å²) in [6, 6.07) is 70.7. The molecule has 1 aromatic heterocycles. The van der Waals surface area contributed by atoms with Gasteiger partial charge in [0.05, 0.1) is 0 Å². The summed E-state index contributed by atoms with van der Waals surface area (Å²) >= 11 is 0. The van der Waals surface area contributed by atoms with Gasteiger partial charge in [0.1, 0.15) is 11.2 Å². The Balaban J connectivity index is 1.03. The molecule has 0 radical (unpaired) electrons. The molecule has 0 aliphatic heterocycles. The second kappa shape index (κ2) is 11.8. The summed E-state index contributed by atoms with van der Waals surface area (Å²) in [6.45, 7) is 0. The predicted molar refractivity (Wildman–Crippen MR) is 225 cm³/mol. The van der Waals surface area contributed by atoms with E-state index in [9.17, 15) is 0 Å². The van der Waals surface area contributed by atoms with Crippen LogP contribution in [0.1, 0.15) is 0 Å². The first-order chi connectivity index (χ1) is 26.3. The molecule has 1 heteroatoms. The summed E-state index contributed by atoms with van der Waals surface area (Å²) in [5.41, 5.74) is 11.6. The summed E-state index contributed by atoms with van der Waals surface area (Å²) in [5.74, 6) is 0. The quantitative estimate of drug-likeness (QED) is 0.134. The van der Waals surface area contributed by atoms with Crippen molar-refractivity contribution in [1.29, 1.82) is 0 Å². The van der Waals surface area contributed by atoms with Crippen LogP contribution in [0.25, 0.3) is 110 Å². The molecule has 0 aliphatic carbocycles. The summed E-state index contributed by atoms with van der Waals surface area (Å²) in [6.07, 6.45) is 0. The molecule has 0 atom stereocenters. The molecule has 0 saturated carbocycles. The van der Waals surface area contributed by atoms with Crippen molar-refractivity contribution in [3.8, 4) is 44.5 Å². The Morgan fingerprint density at radius 2 is 0.717 bits per heavy atom. The minimum absolute atomic E-state index is 0.915. The highest BCUT2D eigenvalue weighted by Crippen LogP contribution is 2.45. The lowest BCUT2D eigenvalue weighted by atomic mass is 9.85. The van der Waals surface area contributed by atoms with Gasteiger partial charge in [0.2, 0.25) is 0 Å². The summed E-state index contributed by atoms with van der Waals surface area (Å²) in [7, 11) is 0. The Hall–Kier alpha value is -6.96. The third-order valence-electron chi connectivity index (χ3n) is 11.0. The fourth-order valence-corrected chi connectivity index (χ4v) is 8.53. The molecule has 10 aromatic carbocycles. The topological polar surface area (TPSA) is 13.1 Å². The molecule has 0 saturated heterocycles. The third-order valence-corrected chi connectivity index (χ3v) is 11.0. The Morgan fingerprint density at radius 3 is 1.47 bits per heavy atom. The Labute approximate surface area is 307 Å². The molecule has 11 rings (SSSR count). The highest BCUT2D eigenvalue weighted by Gasteiger charge is 2.17. The maximum atomic E-state index is 6.14. The van der Waals surface area contributed by atoms with E-state index in [-0.39, 0.29) is 0 Å². The minimum Gasteiger partial charge on any atom is -0.456 e. The van der Waals surface area contributed by atoms with Crippen molar-refractivity contribution in [2.45, 2.75) is 0 Å². The number of fused-ring (bicyclic) bond motifs is 8. The molecule has 1 heterocycles. The highest BCUT2D eigenvalue weighted by molar-refractivity contribution is 6.21. The van der Waals surface area contributed by atoms with Crippen molar-refractivity contribution >= 4 is 65.0 Å². The molecule has 0 bridgehead atoms. The molecule has 0 N–H and O–H groups in total. The van der Waals surface area contributed by atoms with Gasteiger partial charge < -0.3 is 4.42 Å². The Morgan fingerprint density at radius 1 is 0.226 bits per heavy atom. The first kappa shape index (κ1) is 29.7. The third kappa shape index (κ3) is 4.79. The second-order valence-corrected chi connectivity index (χ2v) is 14.0. The number of para-hydroxylation sites is 1. The van der Waals surface area contributed by atoms with Gasteiger partial charge in [-0.2, -0.15) is 0 Å². The smallest absolute Gasteiger partial charge is 0.135 e. The van der Waals surface area contributed by atoms with E-state index in [0.29, 0.717) is 0 Å². The lowest BCUT2D eigenvalue weighted by Gasteiger charge is -2.18. The normalized spacial score (nSPS) is 11.8. The van der Waals surface area contributed by atoms with Gasteiger partial charge in [0.15, 0.2) is 0 Å². The molecular formula is C52H32O. The van der Waals surface area contributed by atoms with Crippen LogP contribution >= 0.6 is 0 Å². The van der Waals surface area contributed by atoms with Crippen molar-refractivity contribution in [3.63, 3.8) is 0 Å². The molecule has 0 unspecified atom stereocenters. The van der Waals surface area contributed by atoms with Crippen molar-refractivity contribution in [3.05, 3.63) is 194 Å². The van der Waals surface area contributed by atoms with Crippen LogP contribution in [-0.2, 0) is 0 Å².